The van der Waals surface area contributed by atoms with E-state index in [2.05, 4.69) is 30.5 Å². The van der Waals surface area contributed by atoms with E-state index in [0.29, 0.717) is 0 Å². The smallest absolute Gasteiger partial charge is 0.322 e. The molecule has 21 heavy (non-hydrogen) atoms. The van der Waals surface area contributed by atoms with Crippen LogP contribution in [0, 0.1) is 5.82 Å². The number of nitrogens with one attached hydrogen (secondary N) is 1. The molecule has 0 spiro atoms. The Kier molecular flexibility index (Phi) is 6.87. The summed E-state index contributed by atoms with van der Waals surface area (Å²) in [7, 11) is 0. The highest BCUT2D eigenvalue weighted by atomic mass is 19.1. The molecule has 2 rings (SSSR count). The van der Waals surface area contributed by atoms with Gasteiger partial charge in [0.15, 0.2) is 0 Å². The molecule has 0 aliphatic heterocycles. The van der Waals surface area contributed by atoms with E-state index in [0.717, 1.165) is 12.1 Å². The number of carboxylic acid groups (broad SMARTS) is 1. The molecule has 0 unspecified atom stereocenters. The lowest BCUT2D eigenvalue weighted by Crippen LogP contribution is -2.29. The zero-order chi connectivity index (χ0) is 15.7. The maximum Gasteiger partial charge on any atom is 0.322 e. The van der Waals surface area contributed by atoms with E-state index >= 15 is 0 Å². The minimum absolute atomic E-state index is 0.229. The standard InChI is InChI=1S/C9H8FNO3.C7H10/c10-7-3-1-6(2-4-7)9(14)11-5-8(12)13;1-7-5-3-2-4-6-7/h1-4H,5H2,(H,11,14)(H,12,13);3,5-6H,2,4H2,1H3. The number of aliphatic carboxylic acids is 1. The molecule has 0 radical (unpaired) electrons. The van der Waals surface area contributed by atoms with Crippen molar-refractivity contribution < 1.29 is 19.1 Å². The number of carbonyl (C=O) groups excluding carboxylic acids is 1. The third-order valence-electron chi connectivity index (χ3n) is 2.69. The van der Waals surface area contributed by atoms with Crippen LogP contribution in [0.1, 0.15) is 30.1 Å². The van der Waals surface area contributed by atoms with E-state index < -0.39 is 24.2 Å². The Morgan fingerprint density at radius 1 is 1.24 bits per heavy atom. The van der Waals surface area contributed by atoms with Gasteiger partial charge in [-0.1, -0.05) is 23.8 Å². The van der Waals surface area contributed by atoms with E-state index in [1.807, 2.05) is 0 Å². The zero-order valence-corrected chi connectivity index (χ0v) is 11.8. The van der Waals surface area contributed by atoms with Gasteiger partial charge in [-0.05, 0) is 44.0 Å². The fraction of sp³-hybridized carbons (Fsp3) is 0.250. The Labute approximate surface area is 123 Å². The second-order valence-electron chi connectivity index (χ2n) is 4.51. The molecule has 1 amide bonds. The van der Waals surface area contributed by atoms with Gasteiger partial charge in [-0.15, -0.1) is 0 Å². The Hall–Kier alpha value is -2.43. The maximum absolute atomic E-state index is 12.4. The largest absolute Gasteiger partial charge is 0.480 e. The summed E-state index contributed by atoms with van der Waals surface area (Å²) < 4.78 is 12.4. The van der Waals surface area contributed by atoms with Crippen molar-refractivity contribution in [3.05, 3.63) is 59.4 Å². The van der Waals surface area contributed by atoms with Gasteiger partial charge in [0.2, 0.25) is 0 Å². The number of hydrogen-bond acceptors (Lipinski definition) is 2. The van der Waals surface area contributed by atoms with Crippen LogP contribution in [0.5, 0.6) is 0 Å². The van der Waals surface area contributed by atoms with Crippen LogP contribution in [0.3, 0.4) is 0 Å². The monoisotopic (exact) mass is 291 g/mol. The third-order valence-corrected chi connectivity index (χ3v) is 2.69. The summed E-state index contributed by atoms with van der Waals surface area (Å²) in [5.74, 6) is -2.10. The number of hydrogen-bond donors (Lipinski definition) is 2. The molecule has 1 aliphatic rings. The fourth-order valence-electron chi connectivity index (χ4n) is 1.60. The predicted octanol–water partition coefficient (Wildman–Crippen LogP) is 2.92. The highest BCUT2D eigenvalue weighted by Crippen LogP contribution is 2.07. The van der Waals surface area contributed by atoms with E-state index in [4.69, 9.17) is 5.11 Å². The number of amides is 1. The Balaban J connectivity index is 0.000000262. The van der Waals surface area contributed by atoms with Crippen LogP contribution in [-0.4, -0.2) is 23.5 Å². The molecule has 2 N–H and O–H groups in total. The summed E-state index contributed by atoms with van der Waals surface area (Å²) in [6.07, 6.45) is 9.12. The molecule has 0 aromatic heterocycles. The van der Waals surface area contributed by atoms with Gasteiger partial charge in [-0.25, -0.2) is 4.39 Å². The summed E-state index contributed by atoms with van der Waals surface area (Å²) >= 11 is 0. The van der Waals surface area contributed by atoms with Crippen molar-refractivity contribution in [2.75, 3.05) is 6.54 Å². The number of carbonyl (C=O) groups is 2. The predicted molar refractivity (Wildman–Crippen MR) is 78.5 cm³/mol. The van der Waals surface area contributed by atoms with Crippen LogP contribution in [0.4, 0.5) is 4.39 Å². The lowest BCUT2D eigenvalue weighted by Gasteiger charge is -2.01. The van der Waals surface area contributed by atoms with Gasteiger partial charge >= 0.3 is 5.97 Å². The number of carboxylic acids is 1. The zero-order valence-electron chi connectivity index (χ0n) is 11.8. The molecule has 4 nitrogen and oxygen atoms in total. The van der Waals surface area contributed by atoms with Gasteiger partial charge in [-0.3, -0.25) is 9.59 Å². The van der Waals surface area contributed by atoms with E-state index in [-0.39, 0.29) is 5.56 Å². The number of rotatable bonds is 3. The van der Waals surface area contributed by atoms with Gasteiger partial charge < -0.3 is 10.4 Å². The van der Waals surface area contributed by atoms with Gasteiger partial charge in [0.25, 0.3) is 5.91 Å². The molecule has 112 valence electrons. The van der Waals surface area contributed by atoms with Gasteiger partial charge in [0.05, 0.1) is 0 Å². The first kappa shape index (κ1) is 16.6. The van der Waals surface area contributed by atoms with Gasteiger partial charge in [-0.2, -0.15) is 0 Å². The first-order valence-corrected chi connectivity index (χ1v) is 6.58. The van der Waals surface area contributed by atoms with E-state index in [9.17, 15) is 14.0 Å². The Bertz CT molecular complexity index is 547. The molecular weight excluding hydrogens is 273 g/mol. The van der Waals surface area contributed by atoms with Crippen LogP contribution >= 0.6 is 0 Å². The molecule has 1 aliphatic carbocycles. The van der Waals surface area contributed by atoms with Gasteiger partial charge in [0.1, 0.15) is 12.4 Å². The SMILES string of the molecule is CC1=CCCC=C1.O=C(O)CNC(=O)c1ccc(F)cc1. The Morgan fingerprint density at radius 2 is 1.90 bits per heavy atom. The minimum Gasteiger partial charge on any atom is -0.480 e. The van der Waals surface area contributed by atoms with Crippen molar-refractivity contribution in [2.24, 2.45) is 0 Å². The first-order chi connectivity index (χ1) is 9.99. The van der Waals surface area contributed by atoms with Crippen molar-refractivity contribution in [1.82, 2.24) is 5.32 Å². The normalized spacial score (nSPS) is 12.8. The summed E-state index contributed by atoms with van der Waals surface area (Å²) in [5, 5.41) is 10.4. The van der Waals surface area contributed by atoms with E-state index in [1.54, 1.807) is 0 Å². The number of allylic oxidation sites excluding steroid dienone is 4. The van der Waals surface area contributed by atoms with Crippen molar-refractivity contribution in [3.63, 3.8) is 0 Å². The molecule has 0 bridgehead atoms. The van der Waals surface area contributed by atoms with Crippen LogP contribution < -0.4 is 5.32 Å². The quantitative estimate of drug-likeness (QED) is 0.899. The lowest BCUT2D eigenvalue weighted by atomic mass is 10.1. The second kappa shape index (κ2) is 8.68. The average Bonchev–Trinajstić information content (AvgIpc) is 2.47. The molecule has 0 saturated heterocycles. The fourth-order valence-corrected chi connectivity index (χ4v) is 1.60. The summed E-state index contributed by atoms with van der Waals surface area (Å²) in [4.78, 5) is 21.3. The van der Waals surface area contributed by atoms with Crippen molar-refractivity contribution in [1.29, 1.82) is 0 Å². The highest BCUT2D eigenvalue weighted by Gasteiger charge is 2.06. The first-order valence-electron chi connectivity index (χ1n) is 6.58. The highest BCUT2D eigenvalue weighted by molar-refractivity contribution is 5.95. The topological polar surface area (TPSA) is 66.4 Å². The van der Waals surface area contributed by atoms with Crippen LogP contribution in [-0.2, 0) is 4.79 Å². The average molecular weight is 291 g/mol. The van der Waals surface area contributed by atoms with Crippen molar-refractivity contribution in [2.45, 2.75) is 19.8 Å². The molecule has 0 saturated carbocycles. The summed E-state index contributed by atoms with van der Waals surface area (Å²) in [6, 6.07) is 4.84. The molecule has 5 heteroatoms. The molecule has 0 heterocycles. The molecular formula is C16H18FNO3. The lowest BCUT2D eigenvalue weighted by molar-refractivity contribution is -0.135. The molecule has 1 aromatic rings. The summed E-state index contributed by atoms with van der Waals surface area (Å²) in [5.41, 5.74) is 1.64. The van der Waals surface area contributed by atoms with Crippen LogP contribution in [0.25, 0.3) is 0 Å². The van der Waals surface area contributed by atoms with E-state index in [1.165, 1.54) is 30.5 Å². The third kappa shape index (κ3) is 7.06. The van der Waals surface area contributed by atoms with Gasteiger partial charge in [0, 0.05) is 5.56 Å². The summed E-state index contributed by atoms with van der Waals surface area (Å²) in [6.45, 7) is 1.69. The maximum atomic E-state index is 12.4. The second-order valence-corrected chi connectivity index (χ2v) is 4.51. The Morgan fingerprint density at radius 3 is 2.33 bits per heavy atom. The minimum atomic E-state index is -1.12. The number of halogens is 1. The number of benzene rings is 1. The molecule has 0 atom stereocenters. The molecule has 1 aromatic carbocycles. The van der Waals surface area contributed by atoms with Crippen LogP contribution in [0.15, 0.2) is 48.1 Å². The van der Waals surface area contributed by atoms with Crippen LogP contribution in [0.2, 0.25) is 0 Å². The molecule has 0 fully saturated rings. The van der Waals surface area contributed by atoms with Crippen molar-refractivity contribution >= 4 is 11.9 Å². The van der Waals surface area contributed by atoms with Crippen molar-refractivity contribution in [3.8, 4) is 0 Å².